The quantitative estimate of drug-likeness (QED) is 0.847. The summed E-state index contributed by atoms with van der Waals surface area (Å²) in [4.78, 5) is -0.307. The molecule has 0 spiro atoms. The maximum atomic E-state index is 13.8. The molecule has 7 heteroatoms. The first-order valence-electron chi connectivity index (χ1n) is 6.68. The molecule has 1 heterocycles. The number of nitrogens with zero attached hydrogens (tertiary/aromatic N) is 1. The minimum Gasteiger partial charge on any atom is -0.382 e. The predicted molar refractivity (Wildman–Crippen MR) is 76.0 cm³/mol. The van der Waals surface area contributed by atoms with E-state index in [1.807, 2.05) is 0 Å². The van der Waals surface area contributed by atoms with Gasteiger partial charge in [0, 0.05) is 20.2 Å². The number of rotatable bonds is 4. The fourth-order valence-electron chi connectivity index (χ4n) is 2.49. The van der Waals surface area contributed by atoms with Gasteiger partial charge in [-0.05, 0) is 26.0 Å². The van der Waals surface area contributed by atoms with Gasteiger partial charge in [0.15, 0.2) is 0 Å². The van der Waals surface area contributed by atoms with Crippen LogP contribution in [0.2, 0.25) is 0 Å². The lowest BCUT2D eigenvalue weighted by Crippen LogP contribution is -2.55. The molecule has 1 aromatic rings. The summed E-state index contributed by atoms with van der Waals surface area (Å²) in [6.07, 6.45) is -0.375. The highest BCUT2D eigenvalue weighted by molar-refractivity contribution is 7.89. The Balaban J connectivity index is 2.33. The van der Waals surface area contributed by atoms with Crippen LogP contribution in [0.5, 0.6) is 0 Å². The molecule has 0 aliphatic carbocycles. The van der Waals surface area contributed by atoms with Crippen LogP contribution in [0.1, 0.15) is 13.8 Å². The van der Waals surface area contributed by atoms with Crippen molar-refractivity contribution in [3.63, 3.8) is 0 Å². The highest BCUT2D eigenvalue weighted by atomic mass is 32.2. The van der Waals surface area contributed by atoms with Gasteiger partial charge in [0.05, 0.1) is 18.3 Å². The maximum Gasteiger partial charge on any atom is 0.246 e. The molecule has 0 saturated carbocycles. The summed E-state index contributed by atoms with van der Waals surface area (Å²) in [5, 5.41) is 0. The Morgan fingerprint density at radius 2 is 2.10 bits per heavy atom. The van der Waals surface area contributed by atoms with Crippen molar-refractivity contribution in [3.05, 3.63) is 30.1 Å². The molecule has 118 valence electrons. The Kier molecular flexibility index (Phi) is 4.67. The lowest BCUT2D eigenvalue weighted by Gasteiger charge is -2.41. The SMILES string of the molecule is COC[C@@H]1CN(S(=O)(=O)c2ccccc2F)CC(C)(C)O1. The summed E-state index contributed by atoms with van der Waals surface area (Å²) in [5.41, 5.74) is -0.653. The average Bonchev–Trinajstić information content (AvgIpc) is 2.37. The molecule has 0 N–H and O–H groups in total. The van der Waals surface area contributed by atoms with Gasteiger partial charge >= 0.3 is 0 Å². The van der Waals surface area contributed by atoms with E-state index in [0.29, 0.717) is 0 Å². The second kappa shape index (κ2) is 6.00. The van der Waals surface area contributed by atoms with Crippen LogP contribution in [0.25, 0.3) is 0 Å². The van der Waals surface area contributed by atoms with E-state index < -0.39 is 21.4 Å². The summed E-state index contributed by atoms with van der Waals surface area (Å²) < 4.78 is 51.2. The Morgan fingerprint density at radius 1 is 1.43 bits per heavy atom. The van der Waals surface area contributed by atoms with Gasteiger partial charge in [-0.3, -0.25) is 0 Å². The molecule has 0 radical (unpaired) electrons. The summed E-state index contributed by atoms with van der Waals surface area (Å²) in [6.45, 7) is 4.21. The number of halogens is 1. The third-order valence-corrected chi connectivity index (χ3v) is 5.10. The van der Waals surface area contributed by atoms with Crippen LogP contribution < -0.4 is 0 Å². The van der Waals surface area contributed by atoms with Crippen molar-refractivity contribution in [2.24, 2.45) is 0 Å². The molecule has 2 rings (SSSR count). The third-order valence-electron chi connectivity index (χ3n) is 3.26. The van der Waals surface area contributed by atoms with Crippen molar-refractivity contribution in [3.8, 4) is 0 Å². The molecule has 0 unspecified atom stereocenters. The van der Waals surface area contributed by atoms with Gasteiger partial charge in [0.2, 0.25) is 10.0 Å². The zero-order valence-electron chi connectivity index (χ0n) is 12.4. The standard InChI is InChI=1S/C14H20FNO4S/c1-14(2)10-16(8-11(20-14)9-19-3)21(17,18)13-7-5-4-6-12(13)15/h4-7,11H,8-10H2,1-3H3/t11-/m0/s1. The Morgan fingerprint density at radius 3 is 2.71 bits per heavy atom. The monoisotopic (exact) mass is 317 g/mol. The number of hydrogen-bond acceptors (Lipinski definition) is 4. The van der Waals surface area contributed by atoms with Crippen molar-refractivity contribution >= 4 is 10.0 Å². The average molecular weight is 317 g/mol. The van der Waals surface area contributed by atoms with Crippen molar-refractivity contribution in [1.82, 2.24) is 4.31 Å². The highest BCUT2D eigenvalue weighted by Crippen LogP contribution is 2.27. The summed E-state index contributed by atoms with van der Waals surface area (Å²) in [6, 6.07) is 5.39. The lowest BCUT2D eigenvalue weighted by atomic mass is 10.1. The first-order valence-corrected chi connectivity index (χ1v) is 8.12. The van der Waals surface area contributed by atoms with E-state index in [-0.39, 0.29) is 30.7 Å². The second-order valence-corrected chi connectivity index (χ2v) is 7.59. The van der Waals surface area contributed by atoms with Gasteiger partial charge in [-0.1, -0.05) is 12.1 Å². The Bertz CT molecular complexity index is 603. The van der Waals surface area contributed by atoms with E-state index in [0.717, 1.165) is 6.07 Å². The molecule has 5 nitrogen and oxygen atoms in total. The van der Waals surface area contributed by atoms with Crippen LogP contribution in [0.4, 0.5) is 4.39 Å². The number of sulfonamides is 1. The van der Waals surface area contributed by atoms with Crippen molar-refractivity contribution in [2.75, 3.05) is 26.8 Å². The van der Waals surface area contributed by atoms with Crippen LogP contribution in [-0.2, 0) is 19.5 Å². The number of benzene rings is 1. The van der Waals surface area contributed by atoms with Crippen LogP contribution in [0.3, 0.4) is 0 Å². The highest BCUT2D eigenvalue weighted by Gasteiger charge is 2.40. The largest absolute Gasteiger partial charge is 0.382 e. The van der Waals surface area contributed by atoms with E-state index in [1.54, 1.807) is 13.8 Å². The molecule has 1 aliphatic rings. The van der Waals surface area contributed by atoms with Gasteiger partial charge in [-0.2, -0.15) is 4.31 Å². The number of morpholine rings is 1. The topological polar surface area (TPSA) is 55.8 Å². The van der Waals surface area contributed by atoms with Gasteiger partial charge < -0.3 is 9.47 Å². The molecular formula is C14H20FNO4S. The zero-order valence-corrected chi connectivity index (χ0v) is 13.2. The normalized spacial score (nSPS) is 23.1. The minimum atomic E-state index is -3.89. The molecule has 1 saturated heterocycles. The van der Waals surface area contributed by atoms with E-state index in [1.165, 1.54) is 29.6 Å². The molecule has 1 aliphatic heterocycles. The molecule has 0 aromatic heterocycles. The smallest absolute Gasteiger partial charge is 0.246 e. The van der Waals surface area contributed by atoms with E-state index >= 15 is 0 Å². The zero-order chi connectivity index (χ0) is 15.7. The van der Waals surface area contributed by atoms with Gasteiger partial charge in [-0.25, -0.2) is 12.8 Å². The van der Waals surface area contributed by atoms with Crippen LogP contribution in [0, 0.1) is 5.82 Å². The second-order valence-electron chi connectivity index (χ2n) is 5.68. The number of ether oxygens (including phenoxy) is 2. The molecule has 0 amide bonds. The first kappa shape index (κ1) is 16.4. The number of hydrogen-bond donors (Lipinski definition) is 0. The molecule has 1 aromatic carbocycles. The van der Waals surface area contributed by atoms with Crippen LogP contribution >= 0.6 is 0 Å². The van der Waals surface area contributed by atoms with Crippen LogP contribution in [-0.4, -0.2) is 51.2 Å². The van der Waals surface area contributed by atoms with Crippen LogP contribution in [0.15, 0.2) is 29.2 Å². The molecule has 0 bridgehead atoms. The minimum absolute atomic E-state index is 0.147. The third kappa shape index (κ3) is 3.60. The van der Waals surface area contributed by atoms with Gasteiger partial charge in [0.25, 0.3) is 0 Å². The van der Waals surface area contributed by atoms with Crippen molar-refractivity contribution in [2.45, 2.75) is 30.4 Å². The predicted octanol–water partition coefficient (Wildman–Crippen LogP) is 1.64. The molecule has 21 heavy (non-hydrogen) atoms. The molecular weight excluding hydrogens is 297 g/mol. The fourth-order valence-corrected chi connectivity index (χ4v) is 4.18. The molecule has 1 fully saturated rings. The lowest BCUT2D eigenvalue weighted by molar-refractivity contribution is -0.135. The van der Waals surface area contributed by atoms with Crippen molar-refractivity contribution < 1.29 is 22.3 Å². The summed E-state index contributed by atoms with van der Waals surface area (Å²) >= 11 is 0. The van der Waals surface area contributed by atoms with Gasteiger partial charge in [-0.15, -0.1) is 0 Å². The van der Waals surface area contributed by atoms with Crippen molar-refractivity contribution in [1.29, 1.82) is 0 Å². The fraction of sp³-hybridized carbons (Fsp3) is 0.571. The molecule has 1 atom stereocenters. The first-order chi connectivity index (χ1) is 9.76. The Hall–Kier alpha value is -1.02. The number of methoxy groups -OCH3 is 1. The Labute approximate surface area is 124 Å². The summed E-state index contributed by atoms with van der Waals surface area (Å²) in [5.74, 6) is -0.745. The maximum absolute atomic E-state index is 13.8. The van der Waals surface area contributed by atoms with Gasteiger partial charge in [0.1, 0.15) is 10.7 Å². The van der Waals surface area contributed by atoms with E-state index in [2.05, 4.69) is 0 Å². The van der Waals surface area contributed by atoms with E-state index in [9.17, 15) is 12.8 Å². The van der Waals surface area contributed by atoms with E-state index in [4.69, 9.17) is 9.47 Å². The summed E-state index contributed by atoms with van der Waals surface area (Å²) in [7, 11) is -2.36.